The maximum Gasteiger partial charge on any atom is 0.207 e. The van der Waals surface area contributed by atoms with Crippen LogP contribution in [-0.4, -0.2) is 21.0 Å². The average molecular weight is 123 g/mol. The van der Waals surface area contributed by atoms with Crippen molar-refractivity contribution in [1.29, 1.82) is 0 Å². The molecular formula is C2H5NO3S. The molecule has 42 valence electrons. The van der Waals surface area contributed by atoms with Gasteiger partial charge < -0.3 is 9.87 Å². The SMILES string of the molecule is O=CNCS(=O)O. The minimum atomic E-state index is -1.91. The molecule has 0 rings (SSSR count). The first kappa shape index (κ1) is 6.58. The monoisotopic (exact) mass is 123 g/mol. The van der Waals surface area contributed by atoms with Crippen LogP contribution in [0.3, 0.4) is 0 Å². The Balaban J connectivity index is 2.97. The predicted molar refractivity (Wildman–Crippen MR) is 24.8 cm³/mol. The number of hydrogen-bond donors (Lipinski definition) is 2. The summed E-state index contributed by atoms with van der Waals surface area (Å²) in [6.07, 6.45) is 0.369. The van der Waals surface area contributed by atoms with Crippen LogP contribution in [0.1, 0.15) is 0 Å². The van der Waals surface area contributed by atoms with Crippen LogP contribution in [0.5, 0.6) is 0 Å². The first-order valence-corrected chi connectivity index (χ1v) is 2.79. The van der Waals surface area contributed by atoms with Crippen molar-refractivity contribution >= 4 is 17.5 Å². The van der Waals surface area contributed by atoms with Crippen molar-refractivity contribution < 1.29 is 13.6 Å². The van der Waals surface area contributed by atoms with Gasteiger partial charge >= 0.3 is 0 Å². The molecule has 0 aromatic rings. The number of nitrogens with one attached hydrogen (secondary N) is 1. The molecule has 0 aliphatic rings. The quantitative estimate of drug-likeness (QED) is 0.370. The molecule has 0 aromatic carbocycles. The Kier molecular flexibility index (Phi) is 3.53. The molecule has 2 N–H and O–H groups in total. The number of carbonyl (C=O) groups is 1. The van der Waals surface area contributed by atoms with Crippen LogP contribution >= 0.6 is 0 Å². The van der Waals surface area contributed by atoms with E-state index in [1.165, 1.54) is 0 Å². The highest BCUT2D eigenvalue weighted by Gasteiger charge is 1.84. The van der Waals surface area contributed by atoms with Crippen molar-refractivity contribution in [2.75, 3.05) is 5.88 Å². The van der Waals surface area contributed by atoms with Crippen LogP contribution < -0.4 is 5.32 Å². The van der Waals surface area contributed by atoms with Gasteiger partial charge in [0.05, 0.1) is 0 Å². The van der Waals surface area contributed by atoms with Gasteiger partial charge in [-0.15, -0.1) is 0 Å². The highest BCUT2D eigenvalue weighted by Crippen LogP contribution is 1.61. The van der Waals surface area contributed by atoms with E-state index in [-0.39, 0.29) is 5.88 Å². The molecule has 0 aromatic heterocycles. The number of hydrogen-bond acceptors (Lipinski definition) is 2. The number of amides is 1. The number of rotatable bonds is 3. The van der Waals surface area contributed by atoms with E-state index < -0.39 is 11.1 Å². The molecule has 0 fully saturated rings. The molecular weight excluding hydrogens is 118 g/mol. The molecule has 0 aliphatic carbocycles. The fourth-order valence-electron chi connectivity index (χ4n) is 0.105. The molecule has 0 radical (unpaired) electrons. The molecule has 0 saturated heterocycles. The van der Waals surface area contributed by atoms with Gasteiger partial charge in [-0.05, 0) is 0 Å². The maximum atomic E-state index is 9.65. The van der Waals surface area contributed by atoms with Crippen molar-refractivity contribution in [3.05, 3.63) is 0 Å². The lowest BCUT2D eigenvalue weighted by Gasteiger charge is -1.86. The topological polar surface area (TPSA) is 66.4 Å². The second-order valence-electron chi connectivity index (χ2n) is 0.788. The standard InChI is InChI=1S/C2H5NO3S/c4-1-3-2-7(5)6/h1H,2H2,(H,3,4)(H,5,6). The van der Waals surface area contributed by atoms with E-state index in [4.69, 9.17) is 4.55 Å². The fraction of sp³-hybridized carbons (Fsp3) is 0.500. The van der Waals surface area contributed by atoms with E-state index in [2.05, 4.69) is 0 Å². The zero-order valence-electron chi connectivity index (χ0n) is 3.46. The first-order chi connectivity index (χ1) is 3.27. The molecule has 0 aliphatic heterocycles. The molecule has 1 atom stereocenters. The van der Waals surface area contributed by atoms with E-state index in [1.807, 2.05) is 5.32 Å². The van der Waals surface area contributed by atoms with Crippen LogP contribution in [0, 0.1) is 0 Å². The summed E-state index contributed by atoms with van der Waals surface area (Å²) in [6.45, 7) is 0. The largest absolute Gasteiger partial charge is 0.345 e. The molecule has 4 nitrogen and oxygen atoms in total. The molecule has 7 heavy (non-hydrogen) atoms. The van der Waals surface area contributed by atoms with Crippen molar-refractivity contribution in [2.45, 2.75) is 0 Å². The Morgan fingerprint density at radius 3 is 2.57 bits per heavy atom. The lowest BCUT2D eigenvalue weighted by atomic mass is 11.2. The van der Waals surface area contributed by atoms with Crippen LogP contribution in [0.15, 0.2) is 0 Å². The Morgan fingerprint density at radius 2 is 2.43 bits per heavy atom. The zero-order valence-corrected chi connectivity index (χ0v) is 4.27. The zero-order chi connectivity index (χ0) is 5.70. The number of carbonyl (C=O) groups excluding carboxylic acids is 1. The highest BCUT2D eigenvalue weighted by molar-refractivity contribution is 7.79. The van der Waals surface area contributed by atoms with Gasteiger partial charge in [0.25, 0.3) is 0 Å². The lowest BCUT2D eigenvalue weighted by Crippen LogP contribution is -2.15. The first-order valence-electron chi connectivity index (χ1n) is 1.52. The van der Waals surface area contributed by atoms with Gasteiger partial charge in [0.2, 0.25) is 6.41 Å². The summed E-state index contributed by atoms with van der Waals surface area (Å²) in [5.74, 6) is -0.191. The van der Waals surface area contributed by atoms with Crippen LogP contribution in [0.2, 0.25) is 0 Å². The third-order valence-electron chi connectivity index (χ3n) is 0.290. The Hall–Kier alpha value is -0.420. The summed E-state index contributed by atoms with van der Waals surface area (Å²) < 4.78 is 17.6. The van der Waals surface area contributed by atoms with Crippen molar-refractivity contribution in [3.63, 3.8) is 0 Å². The van der Waals surface area contributed by atoms with E-state index in [1.54, 1.807) is 0 Å². The van der Waals surface area contributed by atoms with Crippen LogP contribution in [-0.2, 0) is 15.9 Å². The summed E-state index contributed by atoms with van der Waals surface area (Å²) in [7, 11) is 0. The van der Waals surface area contributed by atoms with Gasteiger partial charge in [-0.25, -0.2) is 4.21 Å². The lowest BCUT2D eigenvalue weighted by molar-refractivity contribution is -0.109. The second kappa shape index (κ2) is 3.76. The summed E-state index contributed by atoms with van der Waals surface area (Å²) in [5.41, 5.74) is 0. The third-order valence-corrected chi connectivity index (χ3v) is 0.704. The van der Waals surface area contributed by atoms with Crippen LogP contribution in [0.25, 0.3) is 0 Å². The predicted octanol–water partition coefficient (Wildman–Crippen LogP) is -1.09. The van der Waals surface area contributed by atoms with Gasteiger partial charge in [0.15, 0.2) is 11.1 Å². The average Bonchev–Trinajstić information content (AvgIpc) is 1.61. The smallest absolute Gasteiger partial charge is 0.207 e. The summed E-state index contributed by atoms with van der Waals surface area (Å²) in [6, 6.07) is 0. The van der Waals surface area contributed by atoms with Gasteiger partial charge in [-0.3, -0.25) is 4.79 Å². The maximum absolute atomic E-state index is 9.65. The fourth-order valence-corrected chi connectivity index (χ4v) is 0.316. The molecule has 0 bridgehead atoms. The van der Waals surface area contributed by atoms with Crippen molar-refractivity contribution in [1.82, 2.24) is 5.32 Å². The molecule has 1 unspecified atom stereocenters. The van der Waals surface area contributed by atoms with Gasteiger partial charge in [0, 0.05) is 0 Å². The van der Waals surface area contributed by atoms with E-state index in [0.29, 0.717) is 6.41 Å². The van der Waals surface area contributed by atoms with E-state index >= 15 is 0 Å². The second-order valence-corrected chi connectivity index (χ2v) is 1.72. The molecule has 0 heterocycles. The van der Waals surface area contributed by atoms with Crippen molar-refractivity contribution in [3.8, 4) is 0 Å². The van der Waals surface area contributed by atoms with E-state index in [0.717, 1.165) is 0 Å². The van der Waals surface area contributed by atoms with Gasteiger partial charge in [-0.1, -0.05) is 0 Å². The van der Waals surface area contributed by atoms with Crippen molar-refractivity contribution in [2.24, 2.45) is 0 Å². The Bertz CT molecular complexity index is 83.0. The third kappa shape index (κ3) is 5.58. The summed E-state index contributed by atoms with van der Waals surface area (Å²) in [4.78, 5) is 9.35. The summed E-state index contributed by atoms with van der Waals surface area (Å²) >= 11 is -1.91. The molecule has 0 spiro atoms. The van der Waals surface area contributed by atoms with Gasteiger partial charge in [-0.2, -0.15) is 0 Å². The minimum absolute atomic E-state index is 0.191. The molecule has 0 saturated carbocycles. The molecule has 1 amide bonds. The molecule has 5 heteroatoms. The normalized spacial score (nSPS) is 12.7. The van der Waals surface area contributed by atoms with Gasteiger partial charge in [0.1, 0.15) is 5.88 Å². The Morgan fingerprint density at radius 1 is 1.86 bits per heavy atom. The van der Waals surface area contributed by atoms with E-state index in [9.17, 15) is 9.00 Å². The summed E-state index contributed by atoms with van der Waals surface area (Å²) in [5, 5.41) is 2.02. The minimum Gasteiger partial charge on any atom is -0.345 e. The highest BCUT2D eigenvalue weighted by atomic mass is 32.2. The Labute approximate surface area is 43.2 Å². The van der Waals surface area contributed by atoms with Crippen LogP contribution in [0.4, 0.5) is 0 Å².